The molecule has 2 saturated heterocycles. The van der Waals surface area contributed by atoms with Crippen LogP contribution in [0.5, 0.6) is 0 Å². The van der Waals surface area contributed by atoms with Crippen LogP contribution >= 0.6 is 0 Å². The zero-order valence-electron chi connectivity index (χ0n) is 16.0. The number of carbonyl (C=O) groups is 1. The highest BCUT2D eigenvalue weighted by molar-refractivity contribution is 5.95. The first-order valence-electron chi connectivity index (χ1n) is 9.97. The van der Waals surface area contributed by atoms with Crippen molar-refractivity contribution in [3.05, 3.63) is 54.0 Å². The lowest BCUT2D eigenvalue weighted by Gasteiger charge is -2.46. The maximum absolute atomic E-state index is 12.4. The molecule has 2 aliphatic rings. The van der Waals surface area contributed by atoms with Crippen LogP contribution in [0.2, 0.25) is 0 Å². The number of para-hydroxylation sites is 1. The zero-order chi connectivity index (χ0) is 18.7. The van der Waals surface area contributed by atoms with Crippen LogP contribution in [0.25, 0.3) is 0 Å². The van der Waals surface area contributed by atoms with Crippen LogP contribution in [0.15, 0.2) is 46.9 Å². The molecule has 1 spiro atoms. The van der Waals surface area contributed by atoms with Crippen molar-refractivity contribution < 1.29 is 13.9 Å². The molecule has 2 fully saturated rings. The monoisotopic (exact) mass is 368 g/mol. The molecule has 1 aromatic carbocycles. The molecular formula is C22H28N2O3. The fraction of sp³-hybridized carbons (Fsp3) is 0.500. The van der Waals surface area contributed by atoms with Gasteiger partial charge in [0.2, 0.25) is 0 Å². The predicted molar refractivity (Wildman–Crippen MR) is 105 cm³/mol. The van der Waals surface area contributed by atoms with Crippen LogP contribution in [0, 0.1) is 0 Å². The van der Waals surface area contributed by atoms with Crippen LogP contribution in [0.1, 0.15) is 37.7 Å². The molecule has 0 saturated carbocycles. The van der Waals surface area contributed by atoms with Gasteiger partial charge in [0.05, 0.1) is 18.7 Å². The lowest BCUT2D eigenvalue weighted by Crippen LogP contribution is -2.58. The van der Waals surface area contributed by atoms with E-state index in [1.807, 2.05) is 35.2 Å². The first-order valence-corrected chi connectivity index (χ1v) is 9.97. The van der Waals surface area contributed by atoms with Gasteiger partial charge in [-0.1, -0.05) is 25.1 Å². The Morgan fingerprint density at radius 1 is 1.04 bits per heavy atom. The van der Waals surface area contributed by atoms with E-state index >= 15 is 0 Å². The van der Waals surface area contributed by atoms with E-state index in [0.717, 1.165) is 62.5 Å². The van der Waals surface area contributed by atoms with Crippen molar-refractivity contribution in [1.29, 1.82) is 0 Å². The largest absolute Gasteiger partial charge is 0.465 e. The van der Waals surface area contributed by atoms with Gasteiger partial charge in [0.1, 0.15) is 18.1 Å². The molecule has 5 heteroatoms. The number of carbonyl (C=O) groups excluding carboxylic acids is 1. The first-order chi connectivity index (χ1) is 13.2. The lowest BCUT2D eigenvalue weighted by atomic mass is 9.89. The van der Waals surface area contributed by atoms with Crippen LogP contribution in [0.3, 0.4) is 0 Å². The van der Waals surface area contributed by atoms with Crippen LogP contribution in [0.4, 0.5) is 5.69 Å². The molecule has 3 heterocycles. The second-order valence-corrected chi connectivity index (χ2v) is 7.68. The summed E-state index contributed by atoms with van der Waals surface area (Å²) < 4.78 is 12.0. The molecule has 4 rings (SSSR count). The SMILES string of the molecule is CCCc1ccc(CN2CCC3(CC2)CN(c2ccccc2)C(=O)CO3)o1. The molecule has 0 atom stereocenters. The molecule has 27 heavy (non-hydrogen) atoms. The van der Waals surface area contributed by atoms with E-state index in [4.69, 9.17) is 9.15 Å². The zero-order valence-corrected chi connectivity index (χ0v) is 16.0. The molecule has 0 unspecified atom stereocenters. The van der Waals surface area contributed by atoms with Gasteiger partial charge in [0, 0.05) is 25.2 Å². The number of piperidine rings is 1. The van der Waals surface area contributed by atoms with E-state index in [0.29, 0.717) is 6.54 Å². The summed E-state index contributed by atoms with van der Waals surface area (Å²) in [6.07, 6.45) is 3.98. The minimum absolute atomic E-state index is 0.0493. The lowest BCUT2D eigenvalue weighted by molar-refractivity contribution is -0.145. The predicted octanol–water partition coefficient (Wildman–Crippen LogP) is 3.63. The molecule has 0 radical (unpaired) electrons. The number of amides is 1. The Labute approximate surface area is 160 Å². The number of hydrogen-bond donors (Lipinski definition) is 0. The van der Waals surface area contributed by atoms with Gasteiger partial charge in [-0.05, 0) is 43.5 Å². The Balaban J connectivity index is 1.36. The van der Waals surface area contributed by atoms with Gasteiger partial charge in [-0.15, -0.1) is 0 Å². The summed E-state index contributed by atoms with van der Waals surface area (Å²) in [5.74, 6) is 2.17. The van der Waals surface area contributed by atoms with Gasteiger partial charge in [-0.2, -0.15) is 0 Å². The van der Waals surface area contributed by atoms with Crippen molar-refractivity contribution in [2.45, 2.75) is 44.8 Å². The van der Waals surface area contributed by atoms with Gasteiger partial charge < -0.3 is 14.1 Å². The number of furan rings is 1. The Kier molecular flexibility index (Phi) is 5.32. The van der Waals surface area contributed by atoms with Crippen molar-refractivity contribution in [3.8, 4) is 0 Å². The Morgan fingerprint density at radius 2 is 1.78 bits per heavy atom. The van der Waals surface area contributed by atoms with Crippen molar-refractivity contribution in [1.82, 2.24) is 4.90 Å². The average Bonchev–Trinajstić information content (AvgIpc) is 3.14. The molecule has 1 aromatic heterocycles. The van der Waals surface area contributed by atoms with Crippen LogP contribution in [-0.2, 0) is 22.5 Å². The average molecular weight is 368 g/mol. The van der Waals surface area contributed by atoms with Crippen LogP contribution in [-0.4, -0.2) is 42.6 Å². The van der Waals surface area contributed by atoms with Crippen molar-refractivity contribution in [3.63, 3.8) is 0 Å². The summed E-state index contributed by atoms with van der Waals surface area (Å²) >= 11 is 0. The second-order valence-electron chi connectivity index (χ2n) is 7.68. The number of likely N-dealkylation sites (tertiary alicyclic amines) is 1. The van der Waals surface area contributed by atoms with E-state index in [-0.39, 0.29) is 18.1 Å². The molecule has 0 N–H and O–H groups in total. The number of ether oxygens (including phenoxy) is 1. The van der Waals surface area contributed by atoms with E-state index in [1.54, 1.807) is 0 Å². The number of rotatable bonds is 5. The summed E-state index contributed by atoms with van der Waals surface area (Å²) in [6.45, 7) is 5.75. The van der Waals surface area contributed by atoms with Gasteiger partial charge in [0.15, 0.2) is 0 Å². The number of anilines is 1. The minimum Gasteiger partial charge on any atom is -0.465 e. The van der Waals surface area contributed by atoms with E-state index < -0.39 is 0 Å². The fourth-order valence-electron chi connectivity index (χ4n) is 4.09. The summed E-state index contributed by atoms with van der Waals surface area (Å²) in [5.41, 5.74) is 0.739. The van der Waals surface area contributed by atoms with Gasteiger partial charge in [-0.3, -0.25) is 9.69 Å². The van der Waals surface area contributed by atoms with E-state index in [2.05, 4.69) is 24.0 Å². The van der Waals surface area contributed by atoms with Crippen molar-refractivity contribution >= 4 is 11.6 Å². The summed E-state index contributed by atoms with van der Waals surface area (Å²) in [5, 5.41) is 0. The standard InChI is InChI=1S/C22H28N2O3/c1-2-6-19-9-10-20(27-19)15-23-13-11-22(12-14-23)17-24(21(25)16-26-22)18-7-4-3-5-8-18/h3-5,7-10H,2,6,11-17H2,1H3. The van der Waals surface area contributed by atoms with Crippen LogP contribution < -0.4 is 4.90 Å². The van der Waals surface area contributed by atoms with E-state index in [9.17, 15) is 4.79 Å². The first kappa shape index (κ1) is 18.3. The Morgan fingerprint density at radius 3 is 2.52 bits per heavy atom. The molecule has 5 nitrogen and oxygen atoms in total. The quantitative estimate of drug-likeness (QED) is 0.808. The fourth-order valence-corrected chi connectivity index (χ4v) is 4.09. The molecule has 1 amide bonds. The maximum Gasteiger partial charge on any atom is 0.253 e. The summed E-state index contributed by atoms with van der Waals surface area (Å²) in [6, 6.07) is 14.1. The highest BCUT2D eigenvalue weighted by atomic mass is 16.5. The summed E-state index contributed by atoms with van der Waals surface area (Å²) in [7, 11) is 0. The third-order valence-electron chi connectivity index (χ3n) is 5.68. The third-order valence-corrected chi connectivity index (χ3v) is 5.68. The van der Waals surface area contributed by atoms with Gasteiger partial charge in [0.25, 0.3) is 5.91 Å². The molecule has 144 valence electrons. The number of hydrogen-bond acceptors (Lipinski definition) is 4. The Bertz CT molecular complexity index is 763. The normalized spacial score (nSPS) is 20.3. The topological polar surface area (TPSA) is 45.9 Å². The smallest absolute Gasteiger partial charge is 0.253 e. The number of benzene rings is 1. The number of aryl methyl sites for hydroxylation is 1. The molecular weight excluding hydrogens is 340 g/mol. The second kappa shape index (κ2) is 7.87. The molecule has 0 bridgehead atoms. The van der Waals surface area contributed by atoms with Gasteiger partial charge in [-0.25, -0.2) is 0 Å². The molecule has 0 aliphatic carbocycles. The van der Waals surface area contributed by atoms with Crippen molar-refractivity contribution in [2.24, 2.45) is 0 Å². The van der Waals surface area contributed by atoms with Crippen molar-refractivity contribution in [2.75, 3.05) is 31.1 Å². The van der Waals surface area contributed by atoms with Gasteiger partial charge >= 0.3 is 0 Å². The third kappa shape index (κ3) is 4.09. The highest BCUT2D eigenvalue weighted by Crippen LogP contribution is 2.33. The molecule has 2 aliphatic heterocycles. The minimum atomic E-state index is -0.225. The van der Waals surface area contributed by atoms with E-state index in [1.165, 1.54) is 0 Å². The summed E-state index contributed by atoms with van der Waals surface area (Å²) in [4.78, 5) is 16.7. The molecule has 2 aromatic rings. The maximum atomic E-state index is 12.4. The Hall–Kier alpha value is -2.11. The number of nitrogens with zero attached hydrogens (tertiary/aromatic N) is 2. The number of morpholine rings is 1. The highest BCUT2D eigenvalue weighted by Gasteiger charge is 2.42.